The Balaban J connectivity index is 1.55. The molecule has 0 aliphatic heterocycles. The molecule has 0 amide bonds. The number of hydrogen-bond donors (Lipinski definition) is 2. The summed E-state index contributed by atoms with van der Waals surface area (Å²) >= 11 is 0. The Bertz CT molecular complexity index is 1200. The van der Waals surface area contributed by atoms with Gasteiger partial charge in [0, 0.05) is 18.9 Å². The molecule has 3 aromatic heterocycles. The summed E-state index contributed by atoms with van der Waals surface area (Å²) in [5.74, 6) is 0.571. The van der Waals surface area contributed by atoms with E-state index in [1.165, 1.54) is 18.3 Å². The molecule has 0 aliphatic rings. The predicted molar refractivity (Wildman–Crippen MR) is 110 cm³/mol. The van der Waals surface area contributed by atoms with Crippen LogP contribution in [0, 0.1) is 0 Å². The molecule has 0 unspecified atom stereocenters. The number of nitrogen functional groups attached to an aromatic ring is 1. The van der Waals surface area contributed by atoms with Gasteiger partial charge in [0.2, 0.25) is 23.5 Å². The van der Waals surface area contributed by atoms with Crippen molar-refractivity contribution in [1.29, 1.82) is 0 Å². The van der Waals surface area contributed by atoms with E-state index in [-0.39, 0.29) is 35.3 Å². The van der Waals surface area contributed by atoms with Crippen LogP contribution in [-0.2, 0) is 0 Å². The van der Waals surface area contributed by atoms with Crippen LogP contribution in [0.15, 0.2) is 53.2 Å². The second-order valence-corrected chi connectivity index (χ2v) is 6.54. The fraction of sp³-hybridized carbons (Fsp3) is 0.158. The zero-order chi connectivity index (χ0) is 22.7. The van der Waals surface area contributed by atoms with Crippen molar-refractivity contribution in [2.45, 2.75) is 6.18 Å². The lowest BCUT2D eigenvalue weighted by Crippen LogP contribution is -2.21. The number of aromatic nitrogens is 6. The van der Waals surface area contributed by atoms with Gasteiger partial charge in [-0.3, -0.25) is 0 Å². The number of nitrogens with zero attached hydrogens (tertiary/aromatic N) is 7. The molecular formula is C19H16F3N9O. The first kappa shape index (κ1) is 21.0. The van der Waals surface area contributed by atoms with Gasteiger partial charge in [-0.15, -0.1) is 0 Å². The minimum Gasteiger partial charge on any atom is -0.368 e. The van der Waals surface area contributed by atoms with E-state index in [1.807, 2.05) is 30.3 Å². The van der Waals surface area contributed by atoms with Gasteiger partial charge in [0.15, 0.2) is 0 Å². The number of halogens is 3. The van der Waals surface area contributed by atoms with E-state index in [9.17, 15) is 13.2 Å². The maximum atomic E-state index is 12.3. The normalized spacial score (nSPS) is 11.4. The van der Waals surface area contributed by atoms with Gasteiger partial charge in [-0.1, -0.05) is 23.4 Å². The van der Waals surface area contributed by atoms with Crippen molar-refractivity contribution < 1.29 is 17.7 Å². The molecule has 0 aliphatic carbocycles. The van der Waals surface area contributed by atoms with Crippen molar-refractivity contribution in [3.8, 4) is 23.1 Å². The minimum absolute atomic E-state index is 0.0270. The third kappa shape index (κ3) is 4.88. The largest absolute Gasteiger partial charge is 0.405 e. The van der Waals surface area contributed by atoms with E-state index in [1.54, 1.807) is 11.9 Å². The van der Waals surface area contributed by atoms with Crippen molar-refractivity contribution in [2.24, 2.45) is 0 Å². The first-order chi connectivity index (χ1) is 15.3. The topological polar surface area (TPSA) is 132 Å². The molecule has 0 spiro atoms. The smallest absolute Gasteiger partial charge is 0.368 e. The highest BCUT2D eigenvalue weighted by Gasteiger charge is 2.26. The van der Waals surface area contributed by atoms with Crippen LogP contribution in [0.1, 0.15) is 0 Å². The molecule has 1 aromatic carbocycles. The first-order valence-electron chi connectivity index (χ1n) is 9.20. The van der Waals surface area contributed by atoms with E-state index in [4.69, 9.17) is 10.3 Å². The first-order valence-corrected chi connectivity index (χ1v) is 9.20. The van der Waals surface area contributed by atoms with E-state index < -0.39 is 12.7 Å². The average Bonchev–Trinajstić information content (AvgIpc) is 3.28. The summed E-state index contributed by atoms with van der Waals surface area (Å²) in [7, 11) is 1.77. The van der Waals surface area contributed by atoms with Crippen LogP contribution in [-0.4, -0.2) is 49.8 Å². The number of alkyl halides is 3. The fourth-order valence-corrected chi connectivity index (χ4v) is 2.65. The van der Waals surface area contributed by atoms with Gasteiger partial charge in [0.25, 0.3) is 5.89 Å². The van der Waals surface area contributed by atoms with E-state index in [0.717, 1.165) is 5.69 Å². The summed E-state index contributed by atoms with van der Waals surface area (Å²) in [5, 5.41) is 6.05. The van der Waals surface area contributed by atoms with Gasteiger partial charge in [-0.2, -0.15) is 33.1 Å². The second-order valence-electron chi connectivity index (χ2n) is 6.54. The standard InChI is InChI=1S/C19H16F3N9O/c1-31(12-5-3-2-4-6-12)18-28-14(27-17(23)29-18)15-26-16(32-30-15)11-7-8-13(24-9-11)25-10-19(20,21)22/h2-9H,10H2,1H3,(H,24,25)(H2,23,27,28,29). The van der Waals surface area contributed by atoms with E-state index >= 15 is 0 Å². The number of benzene rings is 1. The summed E-state index contributed by atoms with van der Waals surface area (Å²) in [5.41, 5.74) is 7.08. The number of pyridine rings is 1. The second kappa shape index (κ2) is 8.45. The Labute approximate surface area is 179 Å². The van der Waals surface area contributed by atoms with Crippen LogP contribution in [0.3, 0.4) is 0 Å². The average molecular weight is 443 g/mol. The third-order valence-corrected chi connectivity index (χ3v) is 4.19. The molecule has 4 rings (SSSR count). The maximum absolute atomic E-state index is 12.3. The summed E-state index contributed by atoms with van der Waals surface area (Å²) in [6.45, 7) is -1.19. The van der Waals surface area contributed by atoms with Crippen LogP contribution in [0.4, 0.5) is 36.6 Å². The molecule has 13 heteroatoms. The van der Waals surface area contributed by atoms with Gasteiger partial charge in [-0.25, -0.2) is 4.98 Å². The lowest BCUT2D eigenvalue weighted by Gasteiger charge is -2.17. The van der Waals surface area contributed by atoms with Crippen molar-refractivity contribution in [1.82, 2.24) is 30.1 Å². The molecule has 32 heavy (non-hydrogen) atoms. The molecule has 0 atom stereocenters. The quantitative estimate of drug-likeness (QED) is 0.457. The Morgan fingerprint density at radius 1 is 1.00 bits per heavy atom. The number of anilines is 4. The van der Waals surface area contributed by atoms with Gasteiger partial charge >= 0.3 is 6.18 Å². The minimum atomic E-state index is -4.35. The summed E-state index contributed by atoms with van der Waals surface area (Å²) in [6, 6.07) is 12.3. The molecule has 0 fully saturated rings. The maximum Gasteiger partial charge on any atom is 0.405 e. The monoisotopic (exact) mass is 443 g/mol. The van der Waals surface area contributed by atoms with Crippen LogP contribution in [0.25, 0.3) is 23.1 Å². The lowest BCUT2D eigenvalue weighted by molar-refractivity contribution is -0.115. The van der Waals surface area contributed by atoms with Crippen molar-refractivity contribution >= 4 is 23.4 Å². The molecule has 164 valence electrons. The van der Waals surface area contributed by atoms with Gasteiger partial charge < -0.3 is 20.5 Å². The van der Waals surface area contributed by atoms with Crippen LogP contribution < -0.4 is 16.0 Å². The molecular weight excluding hydrogens is 427 g/mol. The number of nitrogens with two attached hydrogens (primary N) is 1. The fourth-order valence-electron chi connectivity index (χ4n) is 2.65. The third-order valence-electron chi connectivity index (χ3n) is 4.19. The van der Waals surface area contributed by atoms with E-state index in [0.29, 0.717) is 5.56 Å². The molecule has 0 bridgehead atoms. The summed E-state index contributed by atoms with van der Waals surface area (Å²) in [6.07, 6.45) is -3.03. The number of rotatable bonds is 6. The molecule has 0 saturated heterocycles. The summed E-state index contributed by atoms with van der Waals surface area (Å²) < 4.78 is 42.1. The molecule has 0 radical (unpaired) electrons. The zero-order valence-electron chi connectivity index (χ0n) is 16.6. The van der Waals surface area contributed by atoms with Crippen molar-refractivity contribution in [2.75, 3.05) is 29.5 Å². The van der Waals surface area contributed by atoms with Crippen LogP contribution in [0.2, 0.25) is 0 Å². The molecule has 10 nitrogen and oxygen atoms in total. The van der Waals surface area contributed by atoms with Crippen molar-refractivity contribution in [3.05, 3.63) is 48.7 Å². The highest BCUT2D eigenvalue weighted by atomic mass is 19.4. The number of nitrogens with one attached hydrogen (secondary N) is 1. The summed E-state index contributed by atoms with van der Waals surface area (Å²) in [4.78, 5) is 22.4. The molecule has 0 saturated carbocycles. The van der Waals surface area contributed by atoms with Crippen molar-refractivity contribution in [3.63, 3.8) is 0 Å². The highest BCUT2D eigenvalue weighted by Crippen LogP contribution is 2.24. The predicted octanol–water partition coefficient (Wildman–Crippen LogP) is 3.31. The Morgan fingerprint density at radius 3 is 2.47 bits per heavy atom. The number of hydrogen-bond acceptors (Lipinski definition) is 10. The lowest BCUT2D eigenvalue weighted by atomic mass is 10.3. The van der Waals surface area contributed by atoms with Gasteiger partial charge in [0.1, 0.15) is 12.4 Å². The molecule has 4 aromatic rings. The molecule has 3 heterocycles. The Morgan fingerprint density at radius 2 is 1.78 bits per heavy atom. The number of para-hydroxylation sites is 1. The Kier molecular flexibility index (Phi) is 5.54. The molecule has 3 N–H and O–H groups in total. The SMILES string of the molecule is CN(c1ccccc1)c1nc(N)nc(-c2noc(-c3ccc(NCC(F)(F)F)nc3)n2)n1. The van der Waals surface area contributed by atoms with Crippen LogP contribution >= 0.6 is 0 Å². The Hall–Kier alpha value is -4.29. The van der Waals surface area contributed by atoms with Gasteiger partial charge in [0.05, 0.1) is 5.56 Å². The van der Waals surface area contributed by atoms with Gasteiger partial charge in [-0.05, 0) is 24.3 Å². The zero-order valence-corrected chi connectivity index (χ0v) is 16.6. The van der Waals surface area contributed by atoms with Crippen LogP contribution in [0.5, 0.6) is 0 Å². The van der Waals surface area contributed by atoms with E-state index in [2.05, 4.69) is 35.4 Å². The highest BCUT2D eigenvalue weighted by molar-refractivity contribution is 5.60.